The summed E-state index contributed by atoms with van der Waals surface area (Å²) in [7, 11) is 0. The van der Waals surface area contributed by atoms with Crippen LogP contribution in [0.5, 0.6) is 0 Å². The first-order valence-corrected chi connectivity index (χ1v) is 20.7. The van der Waals surface area contributed by atoms with E-state index in [1.807, 2.05) is 3.26 Å². The number of halogens is 2. The van der Waals surface area contributed by atoms with Crippen LogP contribution in [-0.2, 0) is 45.6 Å². The van der Waals surface area contributed by atoms with E-state index >= 15 is 0 Å². The molecule has 0 nitrogen and oxygen atoms in total. The van der Waals surface area contributed by atoms with Crippen molar-refractivity contribution in [3.05, 3.63) is 131 Å². The van der Waals surface area contributed by atoms with Gasteiger partial charge >= 0.3 is 46.4 Å². The predicted octanol–water partition coefficient (Wildman–Crippen LogP) is 15.4. The summed E-state index contributed by atoms with van der Waals surface area (Å²) in [6, 6.07) is 40.6. The topological polar surface area (TPSA) is 0 Å². The average molecular weight is 912 g/mol. The van der Waals surface area contributed by atoms with Gasteiger partial charge in [-0.3, -0.25) is 0 Å². The van der Waals surface area contributed by atoms with Gasteiger partial charge in [0.2, 0.25) is 0 Å². The van der Waals surface area contributed by atoms with Crippen LogP contribution in [0.1, 0.15) is 125 Å². The van der Waals surface area contributed by atoms with Crippen molar-refractivity contribution in [2.75, 3.05) is 0 Å². The molecule has 0 aliphatic heterocycles. The number of rotatable bonds is 2. The quantitative estimate of drug-likeness (QED) is 0.120. The van der Waals surface area contributed by atoms with Crippen molar-refractivity contribution in [3.63, 3.8) is 0 Å². The molecule has 3 heteroatoms. The fourth-order valence-electron chi connectivity index (χ4n) is 6.48. The molecule has 6 aromatic carbocycles. The molecule has 1 fully saturated rings. The Bertz CT molecular complexity index is 1910. The van der Waals surface area contributed by atoms with Gasteiger partial charge in [0.05, 0.1) is 0 Å². The molecule has 0 N–H and O–H groups in total. The van der Waals surface area contributed by atoms with Gasteiger partial charge in [0.15, 0.2) is 0 Å². The first kappa shape index (κ1) is 44.8. The van der Waals surface area contributed by atoms with Crippen molar-refractivity contribution in [2.45, 2.75) is 124 Å². The molecule has 6 aromatic rings. The van der Waals surface area contributed by atoms with E-state index in [1.54, 1.807) is 0 Å². The molecule has 0 atom stereocenters. The molecular formula is C50H62Cl2Hf. The van der Waals surface area contributed by atoms with E-state index in [0.29, 0.717) is 0 Å². The van der Waals surface area contributed by atoms with Gasteiger partial charge in [-0.15, -0.1) is 82.8 Å². The molecule has 0 bridgehead atoms. The van der Waals surface area contributed by atoms with Crippen LogP contribution in [0.2, 0.25) is 0 Å². The van der Waals surface area contributed by atoms with Crippen molar-refractivity contribution >= 4 is 49.6 Å². The van der Waals surface area contributed by atoms with Crippen molar-refractivity contribution in [1.29, 1.82) is 0 Å². The van der Waals surface area contributed by atoms with Crippen LogP contribution in [0.25, 0.3) is 43.8 Å². The minimum atomic E-state index is 0. The van der Waals surface area contributed by atoms with Gasteiger partial charge in [-0.2, -0.15) is 24.3 Å². The number of benzene rings is 4. The molecular weight excluding hydrogens is 850 g/mol. The van der Waals surface area contributed by atoms with Gasteiger partial charge in [-0.1, -0.05) is 143 Å². The molecule has 1 aliphatic carbocycles. The van der Waals surface area contributed by atoms with Crippen molar-refractivity contribution in [2.24, 2.45) is 0 Å². The standard InChI is InChI=1S/2C23H27.C4H6.2ClH.Hf/c2*1-22(2,3)18-13-17(14-19(15-18)23(4,5)6)21-12-8-10-16-9-7-11-20(16)21;1-2-4-3-1;;;/h2*7-15H,1-6H3;1-3H2;2*1H;/q2*-1;;;;+2. The van der Waals surface area contributed by atoms with Crippen LogP contribution in [0, 0.1) is 0 Å². The van der Waals surface area contributed by atoms with E-state index in [9.17, 15) is 0 Å². The molecule has 0 heterocycles. The van der Waals surface area contributed by atoms with Crippen molar-refractivity contribution in [3.8, 4) is 22.3 Å². The molecule has 1 aliphatic rings. The minimum absolute atomic E-state index is 0. The maximum atomic E-state index is 2.38. The Morgan fingerprint density at radius 3 is 1.00 bits per heavy atom. The Labute approximate surface area is 348 Å². The van der Waals surface area contributed by atoms with Gasteiger partial charge < -0.3 is 0 Å². The summed E-state index contributed by atoms with van der Waals surface area (Å²) in [6.07, 6.45) is 4.41. The van der Waals surface area contributed by atoms with Crippen LogP contribution in [0.3, 0.4) is 0 Å². The SMILES string of the molecule is CC(C)(C)c1cc(-c2cccc3[cH-]ccc23)cc(C(C)(C)C)c1.CC(C)(C)c1cc(-c2cccc3[cH-]ccc23)cc(C(C)(C)C)c1.Cl.Cl.[Hf+2]=[C]1CCC1. The van der Waals surface area contributed by atoms with Gasteiger partial charge in [0.25, 0.3) is 0 Å². The first-order valence-electron chi connectivity index (χ1n) is 18.9. The second kappa shape index (κ2) is 17.5. The molecule has 1 saturated carbocycles. The first-order chi connectivity index (χ1) is 23.7. The second-order valence-electron chi connectivity index (χ2n) is 18.7. The van der Waals surface area contributed by atoms with Crippen molar-refractivity contribution < 1.29 is 23.9 Å². The zero-order chi connectivity index (χ0) is 37.4. The summed E-state index contributed by atoms with van der Waals surface area (Å²) in [4.78, 5) is 0. The summed E-state index contributed by atoms with van der Waals surface area (Å²) in [5.74, 6) is 0. The van der Waals surface area contributed by atoms with Crippen LogP contribution in [-0.4, -0.2) is 3.26 Å². The predicted molar refractivity (Wildman–Crippen MR) is 238 cm³/mol. The van der Waals surface area contributed by atoms with Crippen LogP contribution in [0.4, 0.5) is 0 Å². The molecule has 0 unspecified atom stereocenters. The Morgan fingerprint density at radius 1 is 0.453 bits per heavy atom. The monoisotopic (exact) mass is 912 g/mol. The van der Waals surface area contributed by atoms with E-state index in [-0.39, 0.29) is 46.5 Å². The third-order valence-electron chi connectivity index (χ3n) is 10.3. The fourth-order valence-corrected chi connectivity index (χ4v) is 7.75. The summed E-state index contributed by atoms with van der Waals surface area (Å²) in [5, 5.41) is 5.33. The van der Waals surface area contributed by atoms with Gasteiger partial charge in [-0.25, -0.2) is 0 Å². The molecule has 0 saturated heterocycles. The van der Waals surface area contributed by atoms with E-state index in [4.69, 9.17) is 0 Å². The molecule has 0 spiro atoms. The molecule has 7 rings (SSSR count). The van der Waals surface area contributed by atoms with Crippen molar-refractivity contribution in [1.82, 2.24) is 0 Å². The summed E-state index contributed by atoms with van der Waals surface area (Å²) in [5.41, 5.74) is 11.6. The Morgan fingerprint density at radius 2 is 0.755 bits per heavy atom. The molecule has 0 radical (unpaired) electrons. The van der Waals surface area contributed by atoms with Crippen LogP contribution >= 0.6 is 24.8 Å². The average Bonchev–Trinajstić information content (AvgIpc) is 3.72. The van der Waals surface area contributed by atoms with Crippen LogP contribution in [0.15, 0.2) is 109 Å². The third kappa shape index (κ3) is 11.2. The maximum absolute atomic E-state index is 2.38. The second-order valence-corrected chi connectivity index (χ2v) is 21.3. The van der Waals surface area contributed by atoms with Gasteiger partial charge in [0, 0.05) is 0 Å². The zero-order valence-corrected chi connectivity index (χ0v) is 39.6. The molecule has 53 heavy (non-hydrogen) atoms. The van der Waals surface area contributed by atoms with E-state index in [2.05, 4.69) is 192 Å². The van der Waals surface area contributed by atoms with E-state index < -0.39 is 0 Å². The van der Waals surface area contributed by atoms with Gasteiger partial charge in [-0.05, 0) is 55.0 Å². The Hall–Kier alpha value is -2.58. The number of hydrogen-bond donors (Lipinski definition) is 0. The normalized spacial score (nSPS) is 13.2. The fraction of sp³-hybridized carbons (Fsp3) is 0.380. The number of fused-ring (bicyclic) bond motifs is 2. The van der Waals surface area contributed by atoms with Crippen LogP contribution < -0.4 is 0 Å². The number of hydrogen-bond acceptors (Lipinski definition) is 0. The van der Waals surface area contributed by atoms with E-state index in [0.717, 1.165) is 0 Å². The zero-order valence-electron chi connectivity index (χ0n) is 34.3. The van der Waals surface area contributed by atoms with E-state index in [1.165, 1.54) is 109 Å². The van der Waals surface area contributed by atoms with Gasteiger partial charge in [0.1, 0.15) is 0 Å². The molecule has 0 amide bonds. The summed E-state index contributed by atoms with van der Waals surface area (Å²) < 4.78 is 1.82. The Kier molecular flexibility index (Phi) is 14.8. The summed E-state index contributed by atoms with van der Waals surface area (Å²) >= 11 is 1.37. The summed E-state index contributed by atoms with van der Waals surface area (Å²) in [6.45, 7) is 27.5. The Balaban J connectivity index is 0.000000243. The molecule has 0 aromatic heterocycles. The molecule has 280 valence electrons. The third-order valence-corrected chi connectivity index (χ3v) is 12.1.